The first-order valence-electron chi connectivity index (χ1n) is 9.87. The number of hydrogen-bond acceptors (Lipinski definition) is 5. The molecule has 1 aromatic carbocycles. The van der Waals surface area contributed by atoms with Gasteiger partial charge in [-0.15, -0.1) is 6.58 Å². The maximum Gasteiger partial charge on any atom is 0.416 e. The predicted molar refractivity (Wildman–Crippen MR) is 106 cm³/mol. The number of aliphatic hydroxyl groups is 1. The fourth-order valence-electron chi connectivity index (χ4n) is 2.76. The lowest BCUT2D eigenvalue weighted by molar-refractivity contribution is -0.143. The summed E-state index contributed by atoms with van der Waals surface area (Å²) in [5, 5.41) is 9.18. The van der Waals surface area contributed by atoms with E-state index in [1.807, 2.05) is 0 Å². The molecule has 1 unspecified atom stereocenters. The van der Waals surface area contributed by atoms with E-state index in [0.717, 1.165) is 6.26 Å². The lowest BCUT2D eigenvalue weighted by atomic mass is 10.1. The summed E-state index contributed by atoms with van der Waals surface area (Å²) in [6.45, 7) is 3.30. The zero-order chi connectivity index (χ0) is 24.6. The summed E-state index contributed by atoms with van der Waals surface area (Å²) in [5.41, 5.74) is -3.32. The summed E-state index contributed by atoms with van der Waals surface area (Å²) in [6.07, 6.45) is -6.04. The van der Waals surface area contributed by atoms with Gasteiger partial charge in [0.15, 0.2) is 0 Å². The van der Waals surface area contributed by atoms with Crippen LogP contribution in [0.4, 0.5) is 26.3 Å². The zero-order valence-electron chi connectivity index (χ0n) is 17.3. The first-order valence-corrected chi connectivity index (χ1v) is 9.87. The third-order valence-corrected chi connectivity index (χ3v) is 4.54. The van der Waals surface area contributed by atoms with Gasteiger partial charge in [0.25, 0.3) is 0 Å². The number of halogens is 6. The van der Waals surface area contributed by atoms with Crippen molar-refractivity contribution in [2.24, 2.45) is 0 Å². The molecule has 0 aliphatic carbocycles. The van der Waals surface area contributed by atoms with E-state index in [1.54, 1.807) is 0 Å². The lowest BCUT2D eigenvalue weighted by Crippen LogP contribution is -2.12. The molecule has 0 fully saturated rings. The van der Waals surface area contributed by atoms with E-state index in [9.17, 15) is 36.2 Å². The van der Waals surface area contributed by atoms with Gasteiger partial charge >= 0.3 is 12.4 Å². The lowest BCUT2D eigenvalue weighted by Gasteiger charge is -2.15. The third kappa shape index (κ3) is 7.85. The van der Waals surface area contributed by atoms with Crippen LogP contribution >= 0.6 is 0 Å². The molecule has 0 bridgehead atoms. The first-order chi connectivity index (χ1) is 15.5. The Kier molecular flexibility index (Phi) is 8.98. The molecule has 0 spiro atoms. The van der Waals surface area contributed by atoms with Gasteiger partial charge in [-0.3, -0.25) is 4.79 Å². The van der Waals surface area contributed by atoms with Gasteiger partial charge in [-0.1, -0.05) is 6.08 Å². The summed E-state index contributed by atoms with van der Waals surface area (Å²) in [4.78, 5) is 12.0. The van der Waals surface area contributed by atoms with Crippen LogP contribution in [0.3, 0.4) is 0 Å². The van der Waals surface area contributed by atoms with Crippen molar-refractivity contribution in [2.75, 3.05) is 19.8 Å². The highest BCUT2D eigenvalue weighted by atomic mass is 19.4. The Morgan fingerprint density at radius 1 is 0.939 bits per heavy atom. The molecule has 0 saturated carbocycles. The second-order valence-electron chi connectivity index (χ2n) is 7.03. The minimum Gasteiger partial charge on any atom is -0.494 e. The largest absolute Gasteiger partial charge is 0.494 e. The summed E-state index contributed by atoms with van der Waals surface area (Å²) < 4.78 is 92.8. The van der Waals surface area contributed by atoms with Crippen LogP contribution in [0.5, 0.6) is 11.5 Å². The van der Waals surface area contributed by atoms with E-state index in [4.69, 9.17) is 13.9 Å². The van der Waals surface area contributed by atoms with E-state index < -0.39 is 40.6 Å². The Labute approximate surface area is 185 Å². The fraction of sp³-hybridized carbons (Fsp3) is 0.409. The molecular formula is C22H22F6O5. The van der Waals surface area contributed by atoms with Gasteiger partial charge in [0.2, 0.25) is 11.2 Å². The number of hydrogen-bond donors (Lipinski definition) is 1. The SMILES string of the molecule is C=CC(CO)c1cc(=O)c(OCCCCCOc2cc(C(F)(F)F)cc(C(F)(F)F)c2)co1. The molecule has 1 N–H and O–H groups in total. The summed E-state index contributed by atoms with van der Waals surface area (Å²) in [7, 11) is 0. The Hall–Kier alpha value is -2.95. The Morgan fingerprint density at radius 3 is 2.00 bits per heavy atom. The monoisotopic (exact) mass is 480 g/mol. The predicted octanol–water partition coefficient (Wildman–Crippen LogP) is 5.57. The highest BCUT2D eigenvalue weighted by Crippen LogP contribution is 2.38. The number of alkyl halides is 6. The van der Waals surface area contributed by atoms with Crippen LogP contribution in [-0.2, 0) is 12.4 Å². The number of benzene rings is 1. The molecule has 5 nitrogen and oxygen atoms in total. The molecular weight excluding hydrogens is 458 g/mol. The van der Waals surface area contributed by atoms with Crippen LogP contribution in [0.25, 0.3) is 0 Å². The number of rotatable bonds is 11. The Balaban J connectivity index is 1.81. The van der Waals surface area contributed by atoms with Gasteiger partial charge in [-0.25, -0.2) is 0 Å². The van der Waals surface area contributed by atoms with Crippen molar-refractivity contribution >= 4 is 0 Å². The van der Waals surface area contributed by atoms with Crippen LogP contribution in [0, 0.1) is 0 Å². The molecule has 2 rings (SSSR count). The van der Waals surface area contributed by atoms with E-state index in [2.05, 4.69) is 6.58 Å². The second-order valence-corrected chi connectivity index (χ2v) is 7.03. The molecule has 182 valence electrons. The third-order valence-electron chi connectivity index (χ3n) is 4.54. The van der Waals surface area contributed by atoms with Crippen LogP contribution in [0.15, 0.2) is 52.4 Å². The van der Waals surface area contributed by atoms with Crippen LogP contribution in [0.2, 0.25) is 0 Å². The highest BCUT2D eigenvalue weighted by Gasteiger charge is 2.37. The van der Waals surface area contributed by atoms with Crippen molar-refractivity contribution in [1.29, 1.82) is 0 Å². The maximum atomic E-state index is 12.8. The Morgan fingerprint density at radius 2 is 1.52 bits per heavy atom. The van der Waals surface area contributed by atoms with E-state index in [0.29, 0.717) is 31.4 Å². The van der Waals surface area contributed by atoms with Crippen molar-refractivity contribution in [2.45, 2.75) is 37.5 Å². The highest BCUT2D eigenvalue weighted by molar-refractivity contribution is 5.37. The second kappa shape index (κ2) is 11.3. The fourth-order valence-corrected chi connectivity index (χ4v) is 2.76. The van der Waals surface area contributed by atoms with Crippen molar-refractivity contribution in [1.82, 2.24) is 0 Å². The van der Waals surface area contributed by atoms with E-state index in [1.165, 1.54) is 12.1 Å². The van der Waals surface area contributed by atoms with Gasteiger partial charge in [0.05, 0.1) is 36.9 Å². The average Bonchev–Trinajstić information content (AvgIpc) is 2.73. The van der Waals surface area contributed by atoms with Crippen molar-refractivity contribution in [3.8, 4) is 11.5 Å². The van der Waals surface area contributed by atoms with Gasteiger partial charge in [0, 0.05) is 6.07 Å². The number of aliphatic hydroxyl groups excluding tert-OH is 1. The van der Waals surface area contributed by atoms with Crippen molar-refractivity contribution in [3.05, 3.63) is 70.3 Å². The van der Waals surface area contributed by atoms with E-state index in [-0.39, 0.29) is 37.4 Å². The molecule has 0 aliphatic rings. The minimum absolute atomic E-state index is 0.0283. The minimum atomic E-state index is -4.94. The molecule has 0 saturated heterocycles. The number of unbranched alkanes of at least 4 members (excludes halogenated alkanes) is 2. The Bertz CT molecular complexity index is 948. The van der Waals surface area contributed by atoms with Crippen molar-refractivity contribution < 1.29 is 45.3 Å². The van der Waals surface area contributed by atoms with E-state index >= 15 is 0 Å². The van der Waals surface area contributed by atoms with Crippen LogP contribution < -0.4 is 14.9 Å². The molecule has 0 aliphatic heterocycles. The summed E-state index contributed by atoms with van der Waals surface area (Å²) in [6, 6.07) is 2.27. The molecule has 1 aromatic heterocycles. The number of ether oxygens (including phenoxy) is 2. The van der Waals surface area contributed by atoms with Gasteiger partial charge in [0.1, 0.15) is 17.8 Å². The van der Waals surface area contributed by atoms with Crippen LogP contribution in [-0.4, -0.2) is 24.9 Å². The van der Waals surface area contributed by atoms with Crippen LogP contribution in [0.1, 0.15) is 42.1 Å². The van der Waals surface area contributed by atoms with Gasteiger partial charge < -0.3 is 19.0 Å². The topological polar surface area (TPSA) is 68.9 Å². The van der Waals surface area contributed by atoms with Crippen molar-refractivity contribution in [3.63, 3.8) is 0 Å². The molecule has 1 heterocycles. The molecule has 11 heteroatoms. The normalized spacial score (nSPS) is 12.9. The molecule has 0 radical (unpaired) electrons. The molecule has 2 aromatic rings. The molecule has 1 atom stereocenters. The summed E-state index contributed by atoms with van der Waals surface area (Å²) >= 11 is 0. The molecule has 33 heavy (non-hydrogen) atoms. The smallest absolute Gasteiger partial charge is 0.416 e. The standard InChI is InChI=1S/C22H22F6O5/c1-2-14(12-29)19-11-18(30)20(13-33-19)32-7-5-3-4-6-31-17-9-15(21(23,24)25)8-16(10-17)22(26,27)28/h2,8-11,13-14,29H,1,3-7,12H2. The summed E-state index contributed by atoms with van der Waals surface area (Å²) in [5.74, 6) is -0.827. The van der Waals surface area contributed by atoms with Gasteiger partial charge in [-0.05, 0) is 37.5 Å². The molecule has 0 amide bonds. The maximum absolute atomic E-state index is 12.8. The zero-order valence-corrected chi connectivity index (χ0v) is 17.3. The quantitative estimate of drug-likeness (QED) is 0.259. The van der Waals surface area contributed by atoms with Gasteiger partial charge in [-0.2, -0.15) is 26.3 Å². The average molecular weight is 480 g/mol. The first kappa shape index (κ1) is 26.3.